The normalized spacial score (nSPS) is 9.27. The van der Waals surface area contributed by atoms with E-state index in [0.29, 0.717) is 18.4 Å². The first-order chi connectivity index (χ1) is 14.2. The van der Waals surface area contributed by atoms with Crippen molar-refractivity contribution in [3.63, 3.8) is 0 Å². The maximum absolute atomic E-state index is 11.2. The van der Waals surface area contributed by atoms with Gasteiger partial charge in [-0.05, 0) is 25.0 Å². The molecule has 8 nitrogen and oxygen atoms in total. The van der Waals surface area contributed by atoms with Crippen LogP contribution in [0.2, 0.25) is 0 Å². The van der Waals surface area contributed by atoms with Crippen molar-refractivity contribution in [1.29, 1.82) is 0 Å². The van der Waals surface area contributed by atoms with Gasteiger partial charge in [0.15, 0.2) is 0 Å². The molecule has 0 aromatic heterocycles. The summed E-state index contributed by atoms with van der Waals surface area (Å²) < 4.78 is 0. The third-order valence-corrected chi connectivity index (χ3v) is 3.67. The average molecular weight is 426 g/mol. The molecule has 0 aliphatic heterocycles. The van der Waals surface area contributed by atoms with Gasteiger partial charge in [0.2, 0.25) is 0 Å². The monoisotopic (exact) mass is 425 g/mol. The van der Waals surface area contributed by atoms with Crippen molar-refractivity contribution >= 4 is 23.8 Å². The van der Waals surface area contributed by atoms with Gasteiger partial charge in [0, 0.05) is 18.4 Å². The third kappa shape index (κ3) is 23.1. The molecule has 0 unspecified atom stereocenters. The predicted molar refractivity (Wildman–Crippen MR) is 115 cm³/mol. The van der Waals surface area contributed by atoms with Crippen LogP contribution in [0, 0.1) is 0 Å². The van der Waals surface area contributed by atoms with Gasteiger partial charge < -0.3 is 20.6 Å². The largest absolute Gasteiger partial charge is 0.481 e. The molecule has 0 saturated carbocycles. The lowest BCUT2D eigenvalue weighted by atomic mass is 10.2. The molecule has 1 amide bonds. The fourth-order valence-electron chi connectivity index (χ4n) is 2.08. The zero-order valence-corrected chi connectivity index (χ0v) is 17.9. The summed E-state index contributed by atoms with van der Waals surface area (Å²) in [6.07, 6.45) is 7.83. The van der Waals surface area contributed by atoms with Crippen LogP contribution in [0.1, 0.15) is 82.0 Å². The molecule has 0 aliphatic carbocycles. The van der Waals surface area contributed by atoms with Crippen LogP contribution in [0.25, 0.3) is 0 Å². The quantitative estimate of drug-likeness (QED) is 0.368. The van der Waals surface area contributed by atoms with E-state index in [1.54, 1.807) is 30.3 Å². The van der Waals surface area contributed by atoms with E-state index in [1.807, 2.05) is 0 Å². The summed E-state index contributed by atoms with van der Waals surface area (Å²) in [6, 6.07) is 8.47. The first-order valence-electron chi connectivity index (χ1n) is 10.2. The highest BCUT2D eigenvalue weighted by molar-refractivity contribution is 5.95. The minimum absolute atomic E-state index is 0.327. The van der Waals surface area contributed by atoms with Gasteiger partial charge >= 0.3 is 17.9 Å². The van der Waals surface area contributed by atoms with Crippen molar-refractivity contribution in [3.05, 3.63) is 35.9 Å². The summed E-state index contributed by atoms with van der Waals surface area (Å²) in [6.45, 7) is 3.82. The molecule has 0 aliphatic rings. The van der Waals surface area contributed by atoms with Crippen LogP contribution in [-0.4, -0.2) is 45.7 Å². The highest BCUT2D eigenvalue weighted by Crippen LogP contribution is 2.01. The highest BCUT2D eigenvalue weighted by atomic mass is 16.4. The van der Waals surface area contributed by atoms with Crippen molar-refractivity contribution in [2.24, 2.45) is 0 Å². The molecule has 0 fully saturated rings. The van der Waals surface area contributed by atoms with Crippen LogP contribution in [0.15, 0.2) is 30.3 Å². The van der Waals surface area contributed by atoms with Gasteiger partial charge in [-0.2, -0.15) is 0 Å². The molecule has 1 aromatic carbocycles. The van der Waals surface area contributed by atoms with Crippen molar-refractivity contribution < 1.29 is 34.5 Å². The van der Waals surface area contributed by atoms with Crippen LogP contribution in [0.4, 0.5) is 0 Å². The fraction of sp³-hybridized carbons (Fsp3) is 0.545. The number of benzene rings is 1. The second-order valence-electron chi connectivity index (χ2n) is 6.50. The first-order valence-corrected chi connectivity index (χ1v) is 10.2. The number of carboxylic acid groups (broad SMARTS) is 3. The minimum Gasteiger partial charge on any atom is -0.481 e. The Hall–Kier alpha value is -2.90. The third-order valence-electron chi connectivity index (χ3n) is 3.67. The number of unbranched alkanes of at least 4 members (excludes halogenated alkanes) is 5. The molecule has 0 bridgehead atoms. The Bertz CT molecular complexity index is 603. The smallest absolute Gasteiger partial charge is 0.322 e. The van der Waals surface area contributed by atoms with Gasteiger partial charge in [-0.15, -0.1) is 0 Å². The summed E-state index contributed by atoms with van der Waals surface area (Å²) >= 11 is 0. The van der Waals surface area contributed by atoms with E-state index < -0.39 is 17.9 Å². The fourth-order valence-corrected chi connectivity index (χ4v) is 2.08. The topological polar surface area (TPSA) is 141 Å². The SMILES string of the molecule is CCCCCC(=O)O.CCCCCCC(=O)O.O=C(O)CNC(=O)c1ccccc1. The van der Waals surface area contributed by atoms with Gasteiger partial charge in [0.25, 0.3) is 5.91 Å². The van der Waals surface area contributed by atoms with E-state index in [-0.39, 0.29) is 12.5 Å². The van der Waals surface area contributed by atoms with E-state index in [2.05, 4.69) is 19.2 Å². The lowest BCUT2D eigenvalue weighted by Crippen LogP contribution is -2.29. The van der Waals surface area contributed by atoms with Gasteiger partial charge in [0.1, 0.15) is 6.54 Å². The van der Waals surface area contributed by atoms with E-state index >= 15 is 0 Å². The summed E-state index contributed by atoms with van der Waals surface area (Å²) in [5, 5.41) is 26.9. The Balaban J connectivity index is 0. The Labute approximate surface area is 178 Å². The maximum atomic E-state index is 11.2. The van der Waals surface area contributed by atoms with Crippen LogP contribution >= 0.6 is 0 Å². The van der Waals surface area contributed by atoms with Crippen LogP contribution in [0.3, 0.4) is 0 Å². The number of hydrogen-bond acceptors (Lipinski definition) is 4. The Morgan fingerprint density at radius 2 is 1.17 bits per heavy atom. The van der Waals surface area contributed by atoms with Crippen LogP contribution in [0.5, 0.6) is 0 Å². The summed E-state index contributed by atoms with van der Waals surface area (Å²) in [4.78, 5) is 41.1. The second-order valence-corrected chi connectivity index (χ2v) is 6.50. The highest BCUT2D eigenvalue weighted by Gasteiger charge is 2.04. The standard InChI is InChI=1S/C9H9NO3.C7H14O2.C6H12O2/c11-8(12)6-10-9(13)7-4-2-1-3-5-7;1-2-3-4-5-6-7(8)9;1-2-3-4-5-6(7)8/h1-5H,6H2,(H,10,13)(H,11,12);2-6H2,1H3,(H,8,9);2-5H2,1H3,(H,7,8). The average Bonchev–Trinajstić information content (AvgIpc) is 2.71. The van der Waals surface area contributed by atoms with E-state index in [4.69, 9.17) is 15.3 Å². The Morgan fingerprint density at radius 1 is 0.700 bits per heavy atom. The van der Waals surface area contributed by atoms with Crippen molar-refractivity contribution in [3.8, 4) is 0 Å². The molecule has 0 saturated heterocycles. The predicted octanol–water partition coefficient (Wildman–Crippen LogP) is 4.19. The van der Waals surface area contributed by atoms with Crippen LogP contribution in [-0.2, 0) is 14.4 Å². The maximum Gasteiger partial charge on any atom is 0.322 e. The second kappa shape index (κ2) is 20.8. The number of carbonyl (C=O) groups is 4. The van der Waals surface area contributed by atoms with Gasteiger partial charge in [0.05, 0.1) is 0 Å². The van der Waals surface area contributed by atoms with E-state index in [0.717, 1.165) is 38.5 Å². The molecule has 0 heterocycles. The summed E-state index contributed by atoms with van der Waals surface area (Å²) in [5.41, 5.74) is 0.462. The van der Waals surface area contributed by atoms with Crippen molar-refractivity contribution in [1.82, 2.24) is 5.32 Å². The summed E-state index contributed by atoms with van der Waals surface area (Å²) in [5.74, 6) is -2.78. The van der Waals surface area contributed by atoms with E-state index in [9.17, 15) is 19.2 Å². The van der Waals surface area contributed by atoms with Gasteiger partial charge in [-0.1, -0.05) is 64.2 Å². The molecule has 170 valence electrons. The molecule has 4 N–H and O–H groups in total. The number of aliphatic carboxylic acids is 3. The van der Waals surface area contributed by atoms with Gasteiger partial charge in [-0.3, -0.25) is 19.2 Å². The number of carbonyl (C=O) groups excluding carboxylic acids is 1. The number of hydrogen-bond donors (Lipinski definition) is 4. The Morgan fingerprint density at radius 3 is 1.60 bits per heavy atom. The van der Waals surface area contributed by atoms with Crippen molar-refractivity contribution in [2.45, 2.75) is 71.6 Å². The zero-order chi connectivity index (χ0) is 23.2. The van der Waals surface area contributed by atoms with Crippen LogP contribution < -0.4 is 5.32 Å². The number of carboxylic acids is 3. The number of nitrogens with one attached hydrogen (secondary N) is 1. The number of amides is 1. The molecule has 30 heavy (non-hydrogen) atoms. The van der Waals surface area contributed by atoms with Crippen molar-refractivity contribution in [2.75, 3.05) is 6.54 Å². The van der Waals surface area contributed by atoms with E-state index in [1.165, 1.54) is 6.42 Å². The minimum atomic E-state index is -1.05. The molecular weight excluding hydrogens is 390 g/mol. The molecule has 8 heteroatoms. The Kier molecular flexibility index (Phi) is 20.3. The molecular formula is C22H35NO7. The molecule has 1 rings (SSSR count). The number of rotatable bonds is 12. The lowest BCUT2D eigenvalue weighted by molar-refractivity contribution is -0.138. The first kappa shape index (κ1) is 29.3. The molecule has 0 atom stereocenters. The van der Waals surface area contributed by atoms with Gasteiger partial charge in [-0.25, -0.2) is 0 Å². The molecule has 1 aromatic rings. The zero-order valence-electron chi connectivity index (χ0n) is 17.9. The molecule has 0 radical (unpaired) electrons. The molecule has 0 spiro atoms. The lowest BCUT2D eigenvalue weighted by Gasteiger charge is -2.00. The summed E-state index contributed by atoms with van der Waals surface area (Å²) in [7, 11) is 0.